The first-order valence-electron chi connectivity index (χ1n) is 10.6. The molecule has 174 valence electrons. The topological polar surface area (TPSA) is 90.3 Å². The van der Waals surface area contributed by atoms with E-state index >= 15 is 0 Å². The molecule has 0 radical (unpaired) electrons. The third-order valence-electron chi connectivity index (χ3n) is 5.55. The number of sulfone groups is 1. The molecule has 1 amide bonds. The lowest BCUT2D eigenvalue weighted by molar-refractivity contribution is 0.102. The summed E-state index contributed by atoms with van der Waals surface area (Å²) in [5.74, 6) is 0.421. The van der Waals surface area contributed by atoms with Crippen molar-refractivity contribution in [3.05, 3.63) is 95.9 Å². The molecule has 0 spiro atoms. The fourth-order valence-corrected chi connectivity index (χ4v) is 4.51. The molecular formula is C26H25N3O4S. The number of benzene rings is 2. The van der Waals surface area contributed by atoms with Gasteiger partial charge in [0.05, 0.1) is 23.3 Å². The van der Waals surface area contributed by atoms with Gasteiger partial charge in [0.2, 0.25) is 0 Å². The number of methoxy groups -OCH3 is 1. The number of anilines is 1. The number of para-hydroxylation sites is 1. The van der Waals surface area contributed by atoms with Gasteiger partial charge in [-0.15, -0.1) is 0 Å². The van der Waals surface area contributed by atoms with Gasteiger partial charge in [0.1, 0.15) is 5.75 Å². The standard InChI is InChI=1S/C26H25N3O4S/c1-18-23(26(30)28-20-10-12-21(13-11-20)34(3,31)32)17-29(16-19-7-6-14-27-15-19)25(18)22-8-4-5-9-24(22)33-2/h4-15,17H,16H2,1-3H3,(H,28,30). The minimum Gasteiger partial charge on any atom is -0.496 e. The van der Waals surface area contributed by atoms with Gasteiger partial charge in [0.15, 0.2) is 9.84 Å². The number of rotatable bonds is 7. The van der Waals surface area contributed by atoms with Crippen molar-refractivity contribution in [2.24, 2.45) is 0 Å². The smallest absolute Gasteiger partial charge is 0.257 e. The fraction of sp³-hybridized carbons (Fsp3) is 0.154. The van der Waals surface area contributed by atoms with Crippen LogP contribution < -0.4 is 10.1 Å². The van der Waals surface area contributed by atoms with Gasteiger partial charge in [0.25, 0.3) is 5.91 Å². The summed E-state index contributed by atoms with van der Waals surface area (Å²) in [6.45, 7) is 2.43. The van der Waals surface area contributed by atoms with E-state index in [0.29, 0.717) is 23.5 Å². The second kappa shape index (κ2) is 9.52. The van der Waals surface area contributed by atoms with Crippen molar-refractivity contribution >= 4 is 21.4 Å². The van der Waals surface area contributed by atoms with E-state index in [9.17, 15) is 13.2 Å². The second-order valence-electron chi connectivity index (χ2n) is 7.96. The first kappa shape index (κ1) is 23.3. The molecule has 0 aliphatic carbocycles. The highest BCUT2D eigenvalue weighted by molar-refractivity contribution is 7.90. The number of carbonyl (C=O) groups is 1. The Morgan fingerprint density at radius 3 is 2.44 bits per heavy atom. The molecule has 0 aliphatic rings. The molecule has 0 atom stereocenters. The summed E-state index contributed by atoms with van der Waals surface area (Å²) in [6, 6.07) is 17.7. The van der Waals surface area contributed by atoms with E-state index in [0.717, 1.165) is 28.6 Å². The summed E-state index contributed by atoms with van der Waals surface area (Å²) >= 11 is 0. The number of carbonyl (C=O) groups excluding carboxylic acids is 1. The van der Waals surface area contributed by atoms with Gasteiger partial charge in [-0.25, -0.2) is 8.42 Å². The van der Waals surface area contributed by atoms with E-state index < -0.39 is 9.84 Å². The minimum absolute atomic E-state index is 0.197. The largest absolute Gasteiger partial charge is 0.496 e. The minimum atomic E-state index is -3.31. The maximum absolute atomic E-state index is 13.2. The molecule has 0 fully saturated rings. The maximum Gasteiger partial charge on any atom is 0.257 e. The van der Waals surface area contributed by atoms with Crippen LogP contribution in [0.5, 0.6) is 5.75 Å². The van der Waals surface area contributed by atoms with Crippen LogP contribution in [0.15, 0.2) is 84.1 Å². The third-order valence-corrected chi connectivity index (χ3v) is 6.68. The van der Waals surface area contributed by atoms with Crippen LogP contribution in [0.4, 0.5) is 5.69 Å². The normalized spacial score (nSPS) is 11.3. The third kappa shape index (κ3) is 4.87. The molecular weight excluding hydrogens is 450 g/mol. The summed E-state index contributed by atoms with van der Waals surface area (Å²) < 4.78 is 31.0. The van der Waals surface area contributed by atoms with Gasteiger partial charge in [-0.1, -0.05) is 18.2 Å². The van der Waals surface area contributed by atoms with Crippen molar-refractivity contribution in [2.75, 3.05) is 18.7 Å². The van der Waals surface area contributed by atoms with Crippen molar-refractivity contribution in [1.29, 1.82) is 0 Å². The Hall–Kier alpha value is -3.91. The zero-order valence-electron chi connectivity index (χ0n) is 19.1. The number of nitrogens with one attached hydrogen (secondary N) is 1. The Balaban J connectivity index is 1.73. The Labute approximate surface area is 199 Å². The highest BCUT2D eigenvalue weighted by Crippen LogP contribution is 2.35. The number of hydrogen-bond donors (Lipinski definition) is 1. The molecule has 0 unspecified atom stereocenters. The van der Waals surface area contributed by atoms with Crippen molar-refractivity contribution < 1.29 is 17.9 Å². The average Bonchev–Trinajstić information content (AvgIpc) is 3.15. The molecule has 0 saturated carbocycles. The van der Waals surface area contributed by atoms with Crippen LogP contribution in [0.1, 0.15) is 21.5 Å². The molecule has 0 aliphatic heterocycles. The number of hydrogen-bond acceptors (Lipinski definition) is 5. The number of aromatic nitrogens is 2. The highest BCUT2D eigenvalue weighted by Gasteiger charge is 2.21. The van der Waals surface area contributed by atoms with E-state index in [4.69, 9.17) is 4.74 Å². The summed E-state index contributed by atoms with van der Waals surface area (Å²) in [5, 5.41) is 2.87. The number of pyridine rings is 1. The average molecular weight is 476 g/mol. The van der Waals surface area contributed by atoms with Crippen LogP contribution in [0.25, 0.3) is 11.3 Å². The molecule has 2 aromatic carbocycles. The SMILES string of the molecule is COc1ccccc1-c1c(C)c(C(=O)Nc2ccc(S(C)(=O)=O)cc2)cn1Cc1cccnc1. The molecule has 4 aromatic rings. The first-order valence-corrected chi connectivity index (χ1v) is 12.5. The predicted octanol–water partition coefficient (Wildman–Crippen LogP) is 4.57. The van der Waals surface area contributed by atoms with E-state index in [2.05, 4.69) is 10.3 Å². The highest BCUT2D eigenvalue weighted by atomic mass is 32.2. The van der Waals surface area contributed by atoms with Crippen LogP contribution in [0, 0.1) is 6.92 Å². The Morgan fingerprint density at radius 2 is 1.79 bits per heavy atom. The molecule has 2 aromatic heterocycles. The zero-order valence-corrected chi connectivity index (χ0v) is 20.0. The Kier molecular flexibility index (Phi) is 6.51. The molecule has 8 heteroatoms. The molecule has 4 rings (SSSR count). The van der Waals surface area contributed by atoms with Crippen molar-refractivity contribution in [3.63, 3.8) is 0 Å². The van der Waals surface area contributed by atoms with Crippen molar-refractivity contribution in [3.8, 4) is 17.0 Å². The van der Waals surface area contributed by atoms with Crippen LogP contribution in [-0.2, 0) is 16.4 Å². The second-order valence-corrected chi connectivity index (χ2v) is 9.97. The quantitative estimate of drug-likeness (QED) is 0.423. The van der Waals surface area contributed by atoms with Gasteiger partial charge < -0.3 is 14.6 Å². The molecule has 2 heterocycles. The maximum atomic E-state index is 13.2. The molecule has 0 saturated heterocycles. The van der Waals surface area contributed by atoms with Crippen LogP contribution in [-0.4, -0.2) is 37.2 Å². The molecule has 1 N–H and O–H groups in total. The van der Waals surface area contributed by atoms with E-state index in [-0.39, 0.29) is 10.8 Å². The lowest BCUT2D eigenvalue weighted by Crippen LogP contribution is -2.12. The van der Waals surface area contributed by atoms with Gasteiger partial charge in [0, 0.05) is 42.6 Å². The number of amides is 1. The van der Waals surface area contributed by atoms with Crippen LogP contribution >= 0.6 is 0 Å². The summed E-state index contributed by atoms with van der Waals surface area (Å²) in [5.41, 5.74) is 4.57. The monoisotopic (exact) mass is 475 g/mol. The Morgan fingerprint density at radius 1 is 1.06 bits per heavy atom. The van der Waals surface area contributed by atoms with E-state index in [1.54, 1.807) is 31.6 Å². The van der Waals surface area contributed by atoms with Gasteiger partial charge in [-0.3, -0.25) is 9.78 Å². The molecule has 7 nitrogen and oxygen atoms in total. The van der Waals surface area contributed by atoms with Crippen molar-refractivity contribution in [1.82, 2.24) is 9.55 Å². The zero-order chi connectivity index (χ0) is 24.3. The number of ether oxygens (including phenoxy) is 1. The lowest BCUT2D eigenvalue weighted by atomic mass is 10.0. The molecule has 34 heavy (non-hydrogen) atoms. The van der Waals surface area contributed by atoms with Gasteiger partial charge in [-0.2, -0.15) is 0 Å². The van der Waals surface area contributed by atoms with Gasteiger partial charge in [-0.05, 0) is 60.5 Å². The van der Waals surface area contributed by atoms with Gasteiger partial charge >= 0.3 is 0 Å². The summed E-state index contributed by atoms with van der Waals surface area (Å²) in [4.78, 5) is 17.6. The Bertz CT molecular complexity index is 1430. The molecule has 0 bridgehead atoms. The number of nitrogens with zero attached hydrogens (tertiary/aromatic N) is 2. The van der Waals surface area contributed by atoms with Crippen LogP contribution in [0.2, 0.25) is 0 Å². The first-order chi connectivity index (χ1) is 16.3. The predicted molar refractivity (Wildman–Crippen MR) is 132 cm³/mol. The van der Waals surface area contributed by atoms with Crippen LogP contribution in [0.3, 0.4) is 0 Å². The van der Waals surface area contributed by atoms with E-state index in [1.165, 1.54) is 12.1 Å². The summed E-state index contributed by atoms with van der Waals surface area (Å²) in [7, 11) is -1.69. The summed E-state index contributed by atoms with van der Waals surface area (Å²) in [6.07, 6.45) is 6.49. The fourth-order valence-electron chi connectivity index (χ4n) is 3.88. The van der Waals surface area contributed by atoms with Crippen molar-refractivity contribution in [2.45, 2.75) is 18.4 Å². The lowest BCUT2D eigenvalue weighted by Gasteiger charge is -2.13. The van der Waals surface area contributed by atoms with E-state index in [1.807, 2.05) is 54.1 Å².